The average Bonchev–Trinajstić information content (AvgIpc) is 3.31. The van der Waals surface area contributed by atoms with Crippen LogP contribution in [0.4, 0.5) is 5.13 Å². The van der Waals surface area contributed by atoms with Crippen molar-refractivity contribution in [3.05, 3.63) is 58.2 Å². The molecule has 3 atom stereocenters. The predicted octanol–water partition coefficient (Wildman–Crippen LogP) is -0.0810. The molecular formula is C21H19N5O8S2. The summed E-state index contributed by atoms with van der Waals surface area (Å²) in [4.78, 5) is 54.4. The number of oxime groups is 1. The fourth-order valence-corrected chi connectivity index (χ4v) is 5.50. The molecule has 0 bridgehead atoms. The van der Waals surface area contributed by atoms with Crippen LogP contribution < -0.4 is 11.1 Å². The third-order valence-corrected chi connectivity index (χ3v) is 7.36. The maximum absolute atomic E-state index is 12.8. The number of carbonyl (C=O) groups is 4. The van der Waals surface area contributed by atoms with Gasteiger partial charge in [0.1, 0.15) is 29.4 Å². The Morgan fingerprint density at radius 1 is 1.31 bits per heavy atom. The van der Waals surface area contributed by atoms with Crippen molar-refractivity contribution in [3.8, 4) is 0 Å². The predicted molar refractivity (Wildman–Crippen MR) is 127 cm³/mol. The van der Waals surface area contributed by atoms with Gasteiger partial charge in [-0.1, -0.05) is 35.5 Å². The van der Waals surface area contributed by atoms with E-state index in [0.29, 0.717) is 5.56 Å². The highest BCUT2D eigenvalue weighted by Crippen LogP contribution is 2.40. The second-order valence-corrected chi connectivity index (χ2v) is 9.55. The van der Waals surface area contributed by atoms with Crippen LogP contribution in [0.15, 0.2) is 52.1 Å². The number of nitrogens with two attached hydrogens (primary N) is 1. The maximum Gasteiger partial charge on any atom is 0.352 e. The Morgan fingerprint density at radius 3 is 2.64 bits per heavy atom. The first-order valence-corrected chi connectivity index (χ1v) is 12.2. The lowest BCUT2D eigenvalue weighted by Gasteiger charge is -2.49. The third-order valence-electron chi connectivity index (χ3n) is 5.34. The number of carbonyl (C=O) groups excluding carboxylic acids is 3. The van der Waals surface area contributed by atoms with Gasteiger partial charge in [-0.05, 0) is 5.56 Å². The SMILES string of the molecule is Nc1nc(C(=NO)C(=O)NC2C(=O)N3C(C(=O)O)=C(COC(=O)C(O)c4ccccc4)CS[C@H]23)cs1. The highest BCUT2D eigenvalue weighted by molar-refractivity contribution is 8.00. The van der Waals surface area contributed by atoms with Crippen molar-refractivity contribution < 1.29 is 39.3 Å². The second kappa shape index (κ2) is 10.3. The molecule has 6 N–H and O–H groups in total. The van der Waals surface area contributed by atoms with Gasteiger partial charge < -0.3 is 31.2 Å². The summed E-state index contributed by atoms with van der Waals surface area (Å²) < 4.78 is 5.12. The number of aliphatic carboxylic acids is 1. The van der Waals surface area contributed by atoms with Crippen LogP contribution in [0.2, 0.25) is 0 Å². The lowest BCUT2D eigenvalue weighted by atomic mass is 10.0. The van der Waals surface area contributed by atoms with E-state index in [2.05, 4.69) is 15.5 Å². The molecule has 2 aliphatic heterocycles. The molecule has 0 radical (unpaired) electrons. The Hall–Kier alpha value is -3.95. The number of rotatable bonds is 8. The molecule has 13 nitrogen and oxygen atoms in total. The summed E-state index contributed by atoms with van der Waals surface area (Å²) in [6.45, 7) is -0.447. The molecule has 36 heavy (non-hydrogen) atoms. The molecule has 1 aromatic carbocycles. The zero-order valence-corrected chi connectivity index (χ0v) is 19.9. The number of carboxylic acids is 1. The molecule has 2 aromatic rings. The summed E-state index contributed by atoms with van der Waals surface area (Å²) in [5.74, 6) is -3.90. The summed E-state index contributed by atoms with van der Waals surface area (Å²) in [6.07, 6.45) is -1.55. The molecule has 1 aromatic heterocycles. The molecule has 188 valence electrons. The molecular weight excluding hydrogens is 514 g/mol. The molecule has 0 aliphatic carbocycles. The first-order chi connectivity index (χ1) is 17.2. The molecule has 4 rings (SSSR count). The van der Waals surface area contributed by atoms with Crippen molar-refractivity contribution in [2.75, 3.05) is 18.1 Å². The van der Waals surface area contributed by atoms with Gasteiger partial charge in [-0.2, -0.15) is 0 Å². The number of thiazole rings is 1. The third kappa shape index (κ3) is 4.75. The summed E-state index contributed by atoms with van der Waals surface area (Å²) in [5, 5.41) is 35.3. The number of nitrogen functional groups attached to an aromatic ring is 1. The van der Waals surface area contributed by atoms with E-state index in [1.54, 1.807) is 30.3 Å². The van der Waals surface area contributed by atoms with Gasteiger partial charge in [-0.15, -0.1) is 23.1 Å². The van der Waals surface area contributed by atoms with Crippen LogP contribution in [0.3, 0.4) is 0 Å². The van der Waals surface area contributed by atoms with Crippen molar-refractivity contribution in [2.45, 2.75) is 17.5 Å². The number of hydrogen-bond donors (Lipinski definition) is 5. The molecule has 0 spiro atoms. The molecule has 2 aliphatic rings. The van der Waals surface area contributed by atoms with E-state index in [1.165, 1.54) is 5.38 Å². The quantitative estimate of drug-likeness (QED) is 0.0997. The van der Waals surface area contributed by atoms with Crippen molar-refractivity contribution >= 4 is 57.7 Å². The van der Waals surface area contributed by atoms with Gasteiger partial charge in [0.15, 0.2) is 16.9 Å². The number of esters is 1. The summed E-state index contributed by atoms with van der Waals surface area (Å²) in [5.41, 5.74) is 5.22. The van der Waals surface area contributed by atoms with E-state index < -0.39 is 53.6 Å². The minimum atomic E-state index is -1.55. The first kappa shape index (κ1) is 25.2. The number of aromatic nitrogens is 1. The van der Waals surface area contributed by atoms with Crippen LogP contribution in [0, 0.1) is 0 Å². The Kier molecular flexibility index (Phi) is 7.23. The maximum atomic E-state index is 12.8. The number of thioether (sulfide) groups is 1. The van der Waals surface area contributed by atoms with Crippen LogP contribution >= 0.6 is 23.1 Å². The standard InChI is InChI=1S/C21H19N5O8S2/c22-21-23-11(8-36-21)12(25-33)16(28)24-13-17(29)26-14(19(30)31)10(7-35-18(13)26)6-34-20(32)15(27)9-4-2-1-3-5-9/h1-5,8,13,15,18,27,33H,6-7H2,(H2,22,23)(H,24,28)(H,30,31)/t13?,15?,18-/m1/s1. The molecule has 2 unspecified atom stereocenters. The highest BCUT2D eigenvalue weighted by Gasteiger charge is 2.54. The van der Waals surface area contributed by atoms with Gasteiger partial charge in [-0.3, -0.25) is 14.5 Å². The number of amides is 2. The Bertz CT molecular complexity index is 1280. The Labute approximate surface area is 211 Å². The summed E-state index contributed by atoms with van der Waals surface area (Å²) >= 11 is 2.18. The zero-order valence-electron chi connectivity index (χ0n) is 18.2. The van der Waals surface area contributed by atoms with Gasteiger partial charge in [-0.25, -0.2) is 14.6 Å². The number of hydrogen-bond acceptors (Lipinski definition) is 12. The van der Waals surface area contributed by atoms with Crippen LogP contribution in [-0.2, 0) is 23.9 Å². The van der Waals surface area contributed by atoms with Gasteiger partial charge in [0.2, 0.25) is 0 Å². The van der Waals surface area contributed by atoms with Crippen LogP contribution in [0.25, 0.3) is 0 Å². The number of benzene rings is 1. The van der Waals surface area contributed by atoms with E-state index in [9.17, 15) is 34.6 Å². The highest BCUT2D eigenvalue weighted by atomic mass is 32.2. The van der Waals surface area contributed by atoms with Crippen molar-refractivity contribution in [1.29, 1.82) is 0 Å². The van der Waals surface area contributed by atoms with Crippen molar-refractivity contribution in [3.63, 3.8) is 0 Å². The number of ether oxygens (including phenoxy) is 1. The number of β-lactam (4-membered cyclic amide) rings is 1. The van der Waals surface area contributed by atoms with E-state index in [-0.39, 0.29) is 27.8 Å². The lowest BCUT2D eigenvalue weighted by molar-refractivity contribution is -0.153. The molecule has 2 amide bonds. The fourth-order valence-electron chi connectivity index (χ4n) is 3.62. The molecule has 3 heterocycles. The van der Waals surface area contributed by atoms with E-state index in [1.807, 2.05) is 0 Å². The largest absolute Gasteiger partial charge is 0.477 e. The normalized spacial score (nSPS) is 20.3. The van der Waals surface area contributed by atoms with Crippen LogP contribution in [-0.4, -0.2) is 78.5 Å². The average molecular weight is 534 g/mol. The zero-order chi connectivity index (χ0) is 26.0. The van der Waals surface area contributed by atoms with E-state index in [4.69, 9.17) is 10.5 Å². The first-order valence-electron chi connectivity index (χ1n) is 10.3. The van der Waals surface area contributed by atoms with Crippen LogP contribution in [0.5, 0.6) is 0 Å². The minimum Gasteiger partial charge on any atom is -0.477 e. The van der Waals surface area contributed by atoms with Gasteiger partial charge in [0.25, 0.3) is 11.8 Å². The van der Waals surface area contributed by atoms with Gasteiger partial charge >= 0.3 is 11.9 Å². The summed E-state index contributed by atoms with van der Waals surface area (Å²) in [6, 6.07) is 6.99. The monoisotopic (exact) mass is 533 g/mol. The van der Waals surface area contributed by atoms with Crippen molar-refractivity contribution in [2.24, 2.45) is 5.16 Å². The second-order valence-electron chi connectivity index (χ2n) is 7.56. The van der Waals surface area contributed by atoms with Crippen molar-refractivity contribution in [1.82, 2.24) is 15.2 Å². The lowest BCUT2D eigenvalue weighted by Crippen LogP contribution is -2.71. The Balaban J connectivity index is 1.44. The molecule has 0 saturated carbocycles. The molecule has 1 fully saturated rings. The number of nitrogens with zero attached hydrogens (tertiary/aromatic N) is 3. The smallest absolute Gasteiger partial charge is 0.352 e. The van der Waals surface area contributed by atoms with E-state index >= 15 is 0 Å². The number of aliphatic hydroxyl groups excluding tert-OH is 1. The number of anilines is 1. The Morgan fingerprint density at radius 2 is 2.03 bits per heavy atom. The fraction of sp³-hybridized carbons (Fsp3) is 0.238. The molecule has 15 heteroatoms. The topological polar surface area (TPSA) is 205 Å². The number of fused-ring (bicyclic) bond motifs is 1. The minimum absolute atomic E-state index is 0.0188. The van der Waals surface area contributed by atoms with Crippen LogP contribution in [0.1, 0.15) is 17.4 Å². The number of carboxylic acid groups (broad SMARTS) is 1. The number of aliphatic hydroxyl groups is 1. The summed E-state index contributed by atoms with van der Waals surface area (Å²) in [7, 11) is 0. The van der Waals surface area contributed by atoms with E-state index in [0.717, 1.165) is 28.0 Å². The molecule has 1 saturated heterocycles. The van der Waals surface area contributed by atoms with Gasteiger partial charge in [0.05, 0.1) is 0 Å². The van der Waals surface area contributed by atoms with Gasteiger partial charge in [0, 0.05) is 16.7 Å². The number of nitrogens with one attached hydrogen (secondary N) is 1.